The number of amides is 1. The number of nitrogens with zero attached hydrogens (tertiary/aromatic N) is 1. The van der Waals surface area contributed by atoms with Gasteiger partial charge in [-0.3, -0.25) is 4.79 Å². The lowest BCUT2D eigenvalue weighted by atomic mass is 9.92. The van der Waals surface area contributed by atoms with Gasteiger partial charge in [-0.2, -0.15) is 0 Å². The monoisotopic (exact) mass is 214 g/mol. The third-order valence-corrected chi connectivity index (χ3v) is 2.86. The highest BCUT2D eigenvalue weighted by molar-refractivity contribution is 5.76. The Kier molecular flexibility index (Phi) is 5.05. The molecule has 0 saturated heterocycles. The second kappa shape index (κ2) is 6.08. The molecule has 0 aliphatic heterocycles. The zero-order valence-corrected chi connectivity index (χ0v) is 9.70. The Labute approximate surface area is 91.6 Å². The molecular formula is C11H22N2O2. The average Bonchev–Trinajstić information content (AvgIpc) is 2.18. The zero-order valence-electron chi connectivity index (χ0n) is 9.70. The van der Waals surface area contributed by atoms with Crippen molar-refractivity contribution in [3.63, 3.8) is 0 Å². The fourth-order valence-corrected chi connectivity index (χ4v) is 1.88. The molecule has 1 amide bonds. The lowest BCUT2D eigenvalue weighted by Gasteiger charge is -2.28. The van der Waals surface area contributed by atoms with Crippen LogP contribution in [-0.4, -0.2) is 48.7 Å². The van der Waals surface area contributed by atoms with Crippen LogP contribution in [-0.2, 0) is 4.79 Å². The summed E-state index contributed by atoms with van der Waals surface area (Å²) in [5.41, 5.74) is 0. The molecule has 2 N–H and O–H groups in total. The first kappa shape index (κ1) is 12.5. The molecule has 88 valence electrons. The Morgan fingerprint density at radius 1 is 1.40 bits per heavy atom. The molecule has 0 aromatic heterocycles. The van der Waals surface area contributed by atoms with Crippen molar-refractivity contribution in [3.8, 4) is 0 Å². The maximum absolute atomic E-state index is 11.5. The van der Waals surface area contributed by atoms with Crippen molar-refractivity contribution in [2.24, 2.45) is 0 Å². The van der Waals surface area contributed by atoms with Crippen LogP contribution in [0.3, 0.4) is 0 Å². The number of hydrogen-bond donors (Lipinski definition) is 2. The van der Waals surface area contributed by atoms with Crippen LogP contribution in [0.15, 0.2) is 0 Å². The van der Waals surface area contributed by atoms with Crippen LogP contribution < -0.4 is 5.32 Å². The van der Waals surface area contributed by atoms with E-state index in [2.05, 4.69) is 5.32 Å². The van der Waals surface area contributed by atoms with Gasteiger partial charge in [-0.25, -0.2) is 0 Å². The van der Waals surface area contributed by atoms with E-state index in [1.54, 1.807) is 0 Å². The molecule has 1 fully saturated rings. The fraction of sp³-hybridized carbons (Fsp3) is 0.909. The average molecular weight is 214 g/mol. The van der Waals surface area contributed by atoms with Crippen molar-refractivity contribution in [2.75, 3.05) is 20.6 Å². The first-order valence-electron chi connectivity index (χ1n) is 5.72. The predicted molar refractivity (Wildman–Crippen MR) is 59.6 cm³/mol. The Hall–Kier alpha value is -0.610. The van der Waals surface area contributed by atoms with E-state index in [1.807, 2.05) is 19.0 Å². The van der Waals surface area contributed by atoms with Crippen LogP contribution >= 0.6 is 0 Å². The summed E-state index contributed by atoms with van der Waals surface area (Å²) >= 11 is 0. The third kappa shape index (κ3) is 4.62. The van der Waals surface area contributed by atoms with E-state index in [0.29, 0.717) is 6.42 Å². The highest BCUT2D eigenvalue weighted by Crippen LogP contribution is 2.18. The van der Waals surface area contributed by atoms with Crippen molar-refractivity contribution in [3.05, 3.63) is 0 Å². The molecule has 1 aliphatic rings. The third-order valence-electron chi connectivity index (χ3n) is 2.86. The van der Waals surface area contributed by atoms with Crippen LogP contribution in [0, 0.1) is 0 Å². The molecule has 15 heavy (non-hydrogen) atoms. The standard InChI is InChI=1S/C11H22N2O2/c1-13(2)8-7-11(15)12-9-5-3-4-6-10(9)14/h9-10,14H,3-8H2,1-2H3,(H,12,15). The van der Waals surface area contributed by atoms with Gasteiger partial charge in [-0.15, -0.1) is 0 Å². The highest BCUT2D eigenvalue weighted by Gasteiger charge is 2.24. The van der Waals surface area contributed by atoms with Gasteiger partial charge < -0.3 is 15.3 Å². The molecule has 2 unspecified atom stereocenters. The van der Waals surface area contributed by atoms with E-state index < -0.39 is 0 Å². The Morgan fingerprint density at radius 2 is 2.07 bits per heavy atom. The summed E-state index contributed by atoms with van der Waals surface area (Å²) in [4.78, 5) is 13.5. The van der Waals surface area contributed by atoms with Crippen molar-refractivity contribution in [1.82, 2.24) is 10.2 Å². The number of carbonyl (C=O) groups is 1. The van der Waals surface area contributed by atoms with Gasteiger partial charge in [0.2, 0.25) is 5.91 Å². The molecular weight excluding hydrogens is 192 g/mol. The van der Waals surface area contributed by atoms with Gasteiger partial charge in [0.25, 0.3) is 0 Å². The van der Waals surface area contributed by atoms with Gasteiger partial charge in [0.05, 0.1) is 12.1 Å². The summed E-state index contributed by atoms with van der Waals surface area (Å²) < 4.78 is 0. The van der Waals surface area contributed by atoms with Gasteiger partial charge in [0.15, 0.2) is 0 Å². The quantitative estimate of drug-likeness (QED) is 0.710. The van der Waals surface area contributed by atoms with Crippen molar-refractivity contribution in [2.45, 2.75) is 44.2 Å². The largest absolute Gasteiger partial charge is 0.391 e. The lowest BCUT2D eigenvalue weighted by Crippen LogP contribution is -2.45. The highest BCUT2D eigenvalue weighted by atomic mass is 16.3. The molecule has 0 heterocycles. The minimum atomic E-state index is -0.345. The van der Waals surface area contributed by atoms with Crippen LogP contribution in [0.5, 0.6) is 0 Å². The van der Waals surface area contributed by atoms with E-state index in [4.69, 9.17) is 0 Å². The minimum Gasteiger partial charge on any atom is -0.391 e. The van der Waals surface area contributed by atoms with E-state index in [-0.39, 0.29) is 18.1 Å². The Bertz CT molecular complexity index is 207. The maximum atomic E-state index is 11.5. The smallest absolute Gasteiger partial charge is 0.221 e. The van der Waals surface area contributed by atoms with Gasteiger partial charge in [0, 0.05) is 13.0 Å². The van der Waals surface area contributed by atoms with Crippen molar-refractivity contribution in [1.29, 1.82) is 0 Å². The van der Waals surface area contributed by atoms with Gasteiger partial charge in [-0.1, -0.05) is 12.8 Å². The van der Waals surface area contributed by atoms with Crippen LogP contribution in [0.4, 0.5) is 0 Å². The van der Waals surface area contributed by atoms with E-state index in [9.17, 15) is 9.90 Å². The second-order valence-electron chi connectivity index (χ2n) is 4.58. The Balaban J connectivity index is 2.24. The summed E-state index contributed by atoms with van der Waals surface area (Å²) in [5, 5.41) is 12.6. The predicted octanol–water partition coefficient (Wildman–Crippen LogP) is 0.358. The SMILES string of the molecule is CN(C)CCC(=O)NC1CCCCC1O. The molecule has 1 rings (SSSR count). The maximum Gasteiger partial charge on any atom is 0.221 e. The summed E-state index contributed by atoms with van der Waals surface area (Å²) in [6, 6.07) is -0.0200. The van der Waals surface area contributed by atoms with Crippen LogP contribution in [0.25, 0.3) is 0 Å². The van der Waals surface area contributed by atoms with Crippen LogP contribution in [0.1, 0.15) is 32.1 Å². The lowest BCUT2D eigenvalue weighted by molar-refractivity contribution is -0.123. The van der Waals surface area contributed by atoms with Gasteiger partial charge >= 0.3 is 0 Å². The summed E-state index contributed by atoms with van der Waals surface area (Å²) in [6.07, 6.45) is 4.08. The van der Waals surface area contributed by atoms with Crippen LogP contribution in [0.2, 0.25) is 0 Å². The fourth-order valence-electron chi connectivity index (χ4n) is 1.88. The van der Waals surface area contributed by atoms with Crippen molar-refractivity contribution < 1.29 is 9.90 Å². The first-order chi connectivity index (χ1) is 7.09. The molecule has 2 atom stereocenters. The molecule has 4 heteroatoms. The second-order valence-corrected chi connectivity index (χ2v) is 4.58. The first-order valence-corrected chi connectivity index (χ1v) is 5.72. The van der Waals surface area contributed by atoms with E-state index >= 15 is 0 Å². The molecule has 4 nitrogen and oxygen atoms in total. The molecule has 0 radical (unpaired) electrons. The molecule has 1 aliphatic carbocycles. The number of rotatable bonds is 4. The van der Waals surface area contributed by atoms with E-state index in [0.717, 1.165) is 32.2 Å². The topological polar surface area (TPSA) is 52.6 Å². The summed E-state index contributed by atoms with van der Waals surface area (Å²) in [7, 11) is 3.89. The number of aliphatic hydroxyl groups excluding tert-OH is 1. The number of nitrogens with one attached hydrogen (secondary N) is 1. The van der Waals surface area contributed by atoms with E-state index in [1.165, 1.54) is 0 Å². The summed E-state index contributed by atoms with van der Waals surface area (Å²) in [6.45, 7) is 0.759. The molecule has 0 spiro atoms. The van der Waals surface area contributed by atoms with Gasteiger partial charge in [-0.05, 0) is 26.9 Å². The molecule has 1 saturated carbocycles. The summed E-state index contributed by atoms with van der Waals surface area (Å²) in [5.74, 6) is 0.0506. The molecule has 0 bridgehead atoms. The normalized spacial score (nSPS) is 26.7. The number of carbonyl (C=O) groups excluding carboxylic acids is 1. The molecule has 0 aromatic carbocycles. The Morgan fingerprint density at radius 3 is 2.67 bits per heavy atom. The zero-order chi connectivity index (χ0) is 11.3. The minimum absolute atomic E-state index is 0.0200. The van der Waals surface area contributed by atoms with Gasteiger partial charge in [0.1, 0.15) is 0 Å². The van der Waals surface area contributed by atoms with Crippen molar-refractivity contribution >= 4 is 5.91 Å². The number of aliphatic hydroxyl groups is 1. The molecule has 0 aromatic rings. The number of hydrogen-bond acceptors (Lipinski definition) is 3.